The van der Waals surface area contributed by atoms with E-state index in [0.717, 1.165) is 37.0 Å². The molecule has 4 aliphatic rings. The summed E-state index contributed by atoms with van der Waals surface area (Å²) in [6.07, 6.45) is 14.0. The molecule has 0 amide bonds. The van der Waals surface area contributed by atoms with Crippen molar-refractivity contribution < 1.29 is 14.6 Å². The molecule has 32 heavy (non-hydrogen) atoms. The molecule has 3 heteroatoms. The number of aliphatic hydroxyl groups excluding tert-OH is 1. The highest BCUT2D eigenvalue weighted by molar-refractivity contribution is 5.66. The monoisotopic (exact) mass is 444 g/mol. The van der Waals surface area contributed by atoms with Crippen molar-refractivity contribution in [1.29, 1.82) is 0 Å². The Labute approximate surface area is 196 Å². The number of aliphatic hydroxyl groups is 1. The second kappa shape index (κ2) is 9.08. The first-order chi connectivity index (χ1) is 15.1. The van der Waals surface area contributed by atoms with Gasteiger partial charge in [-0.05, 0) is 84.9 Å². The number of carbonyl (C=O) groups excluding carboxylic acids is 1. The Morgan fingerprint density at radius 2 is 1.84 bits per heavy atom. The number of rotatable bonds is 6. The Morgan fingerprint density at radius 1 is 1.09 bits per heavy atom. The summed E-state index contributed by atoms with van der Waals surface area (Å²) >= 11 is 0. The lowest BCUT2D eigenvalue weighted by atomic mass is 9.46. The van der Waals surface area contributed by atoms with Gasteiger partial charge in [0.25, 0.3) is 0 Å². The molecular weight excluding hydrogens is 396 g/mol. The Bertz CT molecular complexity index is 726. The fraction of sp³-hybridized carbons (Fsp3) is 0.897. The number of hydrogen-bond acceptors (Lipinski definition) is 3. The Morgan fingerprint density at radius 3 is 2.53 bits per heavy atom. The van der Waals surface area contributed by atoms with Crippen molar-refractivity contribution in [2.45, 2.75) is 118 Å². The Kier molecular flexibility index (Phi) is 6.90. The van der Waals surface area contributed by atoms with E-state index in [4.69, 9.17) is 4.74 Å². The average Bonchev–Trinajstić information content (AvgIpc) is 3.05. The van der Waals surface area contributed by atoms with Crippen LogP contribution in [0.3, 0.4) is 0 Å². The third-order valence-electron chi connectivity index (χ3n) is 10.6. The number of carbonyl (C=O) groups is 1. The second-order valence-corrected chi connectivity index (χ2v) is 12.9. The zero-order valence-corrected chi connectivity index (χ0v) is 21.5. The summed E-state index contributed by atoms with van der Waals surface area (Å²) in [5, 5.41) is 11.4. The SMILES string of the molecule is CC(=O)O[C@H]1CC[C@@]2(C)C(=C[C@@H](O)[C@@H]3[C@H]4CC[C@@H]([C@H](C)CCCC(C)C)[C@@]4(C)CC[C@H]32)C1. The van der Waals surface area contributed by atoms with Crippen molar-refractivity contribution in [3.63, 3.8) is 0 Å². The molecule has 9 atom stereocenters. The maximum atomic E-state index is 11.5. The van der Waals surface area contributed by atoms with E-state index in [0.29, 0.717) is 23.2 Å². The van der Waals surface area contributed by atoms with Gasteiger partial charge in [0.15, 0.2) is 0 Å². The molecule has 0 aliphatic heterocycles. The fourth-order valence-electron chi connectivity index (χ4n) is 8.98. The molecule has 0 spiro atoms. The quantitative estimate of drug-likeness (QED) is 0.357. The third-order valence-corrected chi connectivity index (χ3v) is 10.6. The molecule has 0 unspecified atom stereocenters. The van der Waals surface area contributed by atoms with Crippen LogP contribution in [0, 0.1) is 46.3 Å². The van der Waals surface area contributed by atoms with Gasteiger partial charge in [-0.2, -0.15) is 0 Å². The van der Waals surface area contributed by atoms with E-state index in [1.54, 1.807) is 0 Å². The summed E-state index contributed by atoms with van der Waals surface area (Å²) < 4.78 is 5.57. The van der Waals surface area contributed by atoms with Crippen molar-refractivity contribution in [2.24, 2.45) is 46.3 Å². The molecule has 0 heterocycles. The molecule has 0 saturated heterocycles. The molecule has 1 N–H and O–H groups in total. The van der Waals surface area contributed by atoms with Crippen molar-refractivity contribution >= 4 is 5.97 Å². The minimum absolute atomic E-state index is 0.00742. The molecule has 4 aliphatic carbocycles. The lowest BCUT2D eigenvalue weighted by Gasteiger charge is -2.59. The van der Waals surface area contributed by atoms with Crippen LogP contribution in [0.5, 0.6) is 0 Å². The fourth-order valence-corrected chi connectivity index (χ4v) is 8.98. The topological polar surface area (TPSA) is 46.5 Å². The molecule has 3 nitrogen and oxygen atoms in total. The molecule has 0 aromatic rings. The van der Waals surface area contributed by atoms with Crippen LogP contribution in [0.4, 0.5) is 0 Å². The van der Waals surface area contributed by atoms with Crippen LogP contribution >= 0.6 is 0 Å². The molecule has 182 valence electrons. The van der Waals surface area contributed by atoms with E-state index in [-0.39, 0.29) is 23.6 Å². The van der Waals surface area contributed by atoms with Gasteiger partial charge in [0.2, 0.25) is 0 Å². The number of hydrogen-bond donors (Lipinski definition) is 1. The van der Waals surface area contributed by atoms with Gasteiger partial charge in [-0.3, -0.25) is 4.79 Å². The Balaban J connectivity index is 1.51. The van der Waals surface area contributed by atoms with Gasteiger partial charge in [0.05, 0.1) is 6.10 Å². The molecule has 3 saturated carbocycles. The minimum atomic E-state index is -0.334. The average molecular weight is 445 g/mol. The molecule has 0 aromatic carbocycles. The maximum Gasteiger partial charge on any atom is 0.302 e. The zero-order valence-electron chi connectivity index (χ0n) is 21.5. The highest BCUT2D eigenvalue weighted by atomic mass is 16.5. The summed E-state index contributed by atoms with van der Waals surface area (Å²) in [7, 11) is 0. The largest absolute Gasteiger partial charge is 0.462 e. The van der Waals surface area contributed by atoms with Gasteiger partial charge in [0.1, 0.15) is 6.10 Å². The smallest absolute Gasteiger partial charge is 0.302 e. The number of esters is 1. The van der Waals surface area contributed by atoms with Crippen LogP contribution < -0.4 is 0 Å². The van der Waals surface area contributed by atoms with Gasteiger partial charge in [0, 0.05) is 13.3 Å². The van der Waals surface area contributed by atoms with Gasteiger partial charge in [-0.15, -0.1) is 0 Å². The summed E-state index contributed by atoms with van der Waals surface area (Å²) in [6, 6.07) is 0. The van der Waals surface area contributed by atoms with Gasteiger partial charge in [-0.1, -0.05) is 65.5 Å². The van der Waals surface area contributed by atoms with Gasteiger partial charge in [-0.25, -0.2) is 0 Å². The van der Waals surface area contributed by atoms with Crippen molar-refractivity contribution in [3.8, 4) is 0 Å². The van der Waals surface area contributed by atoms with E-state index in [2.05, 4.69) is 40.7 Å². The molecule has 3 fully saturated rings. The van der Waals surface area contributed by atoms with Gasteiger partial charge >= 0.3 is 5.97 Å². The lowest BCUT2D eigenvalue weighted by molar-refractivity contribution is -0.149. The van der Waals surface area contributed by atoms with Crippen LogP contribution in [-0.2, 0) is 9.53 Å². The first-order valence-corrected chi connectivity index (χ1v) is 13.6. The predicted molar refractivity (Wildman–Crippen MR) is 130 cm³/mol. The summed E-state index contributed by atoms with van der Waals surface area (Å²) in [6.45, 7) is 13.7. The summed E-state index contributed by atoms with van der Waals surface area (Å²) in [5.74, 6) is 3.85. The summed E-state index contributed by atoms with van der Waals surface area (Å²) in [4.78, 5) is 11.5. The van der Waals surface area contributed by atoms with Crippen molar-refractivity contribution in [2.75, 3.05) is 0 Å². The van der Waals surface area contributed by atoms with Crippen LogP contribution in [-0.4, -0.2) is 23.3 Å². The highest BCUT2D eigenvalue weighted by Crippen LogP contribution is 2.67. The van der Waals surface area contributed by atoms with E-state index >= 15 is 0 Å². The van der Waals surface area contributed by atoms with Crippen LogP contribution in [0.1, 0.15) is 106 Å². The van der Waals surface area contributed by atoms with E-state index in [9.17, 15) is 9.90 Å². The molecular formula is C29H48O3. The minimum Gasteiger partial charge on any atom is -0.462 e. The molecule has 4 rings (SSSR count). The van der Waals surface area contributed by atoms with E-state index < -0.39 is 0 Å². The molecule has 0 bridgehead atoms. The number of fused-ring (bicyclic) bond motifs is 5. The number of ether oxygens (including phenoxy) is 1. The maximum absolute atomic E-state index is 11.5. The highest BCUT2D eigenvalue weighted by Gasteiger charge is 2.61. The Hall–Kier alpha value is -0.830. The van der Waals surface area contributed by atoms with E-state index in [1.165, 1.54) is 57.4 Å². The molecule has 0 radical (unpaired) electrons. The van der Waals surface area contributed by atoms with Crippen LogP contribution in [0.2, 0.25) is 0 Å². The van der Waals surface area contributed by atoms with Gasteiger partial charge < -0.3 is 9.84 Å². The standard InChI is InChI=1S/C29H48O3/c1-18(2)8-7-9-19(3)23-10-11-24-27-25(13-15-29(23,24)6)28(5)14-12-22(32-20(4)30)16-21(28)17-26(27)31/h17-19,22-27,31H,7-16H2,1-6H3/t19-,22+,23+,24-,25-,26-,27-,28+,29-/m1/s1. The van der Waals surface area contributed by atoms with Crippen LogP contribution in [0.25, 0.3) is 0 Å². The zero-order chi connectivity index (χ0) is 23.3. The van der Waals surface area contributed by atoms with E-state index in [1.807, 2.05) is 0 Å². The predicted octanol–water partition coefficient (Wildman–Crippen LogP) is 6.93. The lowest BCUT2D eigenvalue weighted by Crippen LogP contribution is -2.55. The third kappa shape index (κ3) is 4.21. The summed E-state index contributed by atoms with van der Waals surface area (Å²) in [5.41, 5.74) is 1.92. The van der Waals surface area contributed by atoms with Crippen molar-refractivity contribution in [1.82, 2.24) is 0 Å². The first kappa shape index (κ1) is 24.3. The first-order valence-electron chi connectivity index (χ1n) is 13.6. The van der Waals surface area contributed by atoms with Crippen LogP contribution in [0.15, 0.2) is 11.6 Å². The normalized spacial score (nSPS) is 44.3. The van der Waals surface area contributed by atoms with Crippen molar-refractivity contribution in [3.05, 3.63) is 11.6 Å². The second-order valence-electron chi connectivity index (χ2n) is 12.9. The molecule has 0 aromatic heterocycles.